The number of methoxy groups -OCH3 is 5. The second-order valence-corrected chi connectivity index (χ2v) is 8.92. The Labute approximate surface area is 203 Å². The van der Waals surface area contributed by atoms with Crippen molar-refractivity contribution in [1.29, 1.82) is 0 Å². The number of carbonyl (C=O) groups is 1. The molecule has 0 bridgehead atoms. The Hall–Kier alpha value is -3.99. The fourth-order valence-corrected chi connectivity index (χ4v) is 4.86. The normalized spacial score (nSPS) is 10.9. The van der Waals surface area contributed by atoms with Gasteiger partial charge in [-0.3, -0.25) is 0 Å². The first-order valence-electron chi connectivity index (χ1n) is 10.3. The van der Waals surface area contributed by atoms with Crippen molar-refractivity contribution in [3.63, 3.8) is 0 Å². The lowest BCUT2D eigenvalue weighted by molar-refractivity contribution is 0.0601. The minimum Gasteiger partial charge on any atom is -0.497 e. The maximum absolute atomic E-state index is 13.3. The maximum atomic E-state index is 13.3. The fraction of sp³-hybridized carbons (Fsp3) is 0.250. The summed E-state index contributed by atoms with van der Waals surface area (Å²) in [5, 5.41) is 2.96. The molecular weight excluding hydrogens is 476 g/mol. The van der Waals surface area contributed by atoms with E-state index in [4.69, 9.17) is 23.7 Å². The van der Waals surface area contributed by atoms with E-state index in [-0.39, 0.29) is 45.0 Å². The molecule has 10 nitrogen and oxygen atoms in total. The molecule has 0 atom stereocenters. The highest BCUT2D eigenvalue weighted by molar-refractivity contribution is 7.91. The van der Waals surface area contributed by atoms with Crippen LogP contribution in [0.5, 0.6) is 23.0 Å². The number of aromatic nitrogens is 1. The van der Waals surface area contributed by atoms with Crippen LogP contribution >= 0.6 is 0 Å². The van der Waals surface area contributed by atoms with Crippen molar-refractivity contribution in [3.05, 3.63) is 59.8 Å². The molecule has 2 aromatic carbocycles. The number of hydrogen-bond acceptors (Lipinski definition) is 10. The Morgan fingerprint density at radius 1 is 0.914 bits per heavy atom. The van der Waals surface area contributed by atoms with Crippen LogP contribution in [0.1, 0.15) is 15.9 Å². The Bertz CT molecular complexity index is 1310. The molecule has 186 valence electrons. The Morgan fingerprint density at radius 2 is 1.60 bits per heavy atom. The molecule has 3 aromatic rings. The van der Waals surface area contributed by atoms with Crippen LogP contribution in [0.25, 0.3) is 0 Å². The summed E-state index contributed by atoms with van der Waals surface area (Å²) in [6.07, 6.45) is 1.40. The van der Waals surface area contributed by atoms with Gasteiger partial charge in [0.25, 0.3) is 0 Å². The number of rotatable bonds is 10. The summed E-state index contributed by atoms with van der Waals surface area (Å²) >= 11 is 0. The summed E-state index contributed by atoms with van der Waals surface area (Å²) in [6.45, 7) is -0.00556. The van der Waals surface area contributed by atoms with E-state index in [9.17, 15) is 13.2 Å². The molecule has 0 radical (unpaired) electrons. The van der Waals surface area contributed by atoms with Gasteiger partial charge < -0.3 is 29.0 Å². The van der Waals surface area contributed by atoms with Gasteiger partial charge in [-0.05, 0) is 30.3 Å². The molecule has 1 aromatic heterocycles. The summed E-state index contributed by atoms with van der Waals surface area (Å²) in [4.78, 5) is 16.7. The number of anilines is 1. The minimum atomic E-state index is -3.94. The average molecular weight is 503 g/mol. The maximum Gasteiger partial charge on any atom is 0.340 e. The van der Waals surface area contributed by atoms with Crippen molar-refractivity contribution < 1.29 is 36.9 Å². The van der Waals surface area contributed by atoms with Gasteiger partial charge in [0.05, 0.1) is 51.7 Å². The molecule has 0 amide bonds. The van der Waals surface area contributed by atoms with Gasteiger partial charge in [-0.2, -0.15) is 0 Å². The number of ether oxygens (including phenoxy) is 5. The summed E-state index contributed by atoms with van der Waals surface area (Å²) in [6, 6.07) is 10.7. The molecule has 0 saturated carbocycles. The van der Waals surface area contributed by atoms with E-state index in [1.165, 1.54) is 59.9 Å². The largest absolute Gasteiger partial charge is 0.497 e. The summed E-state index contributed by atoms with van der Waals surface area (Å²) in [5.74, 6) is 0.587. The van der Waals surface area contributed by atoms with E-state index < -0.39 is 15.8 Å². The predicted octanol–water partition coefficient (Wildman–Crippen LogP) is 3.35. The molecule has 0 spiro atoms. The molecular formula is C24H26N2O8S. The van der Waals surface area contributed by atoms with Crippen LogP contribution in [0.4, 0.5) is 5.69 Å². The lowest BCUT2D eigenvalue weighted by atomic mass is 10.1. The third-order valence-electron chi connectivity index (χ3n) is 5.17. The molecule has 0 unspecified atom stereocenters. The lowest BCUT2D eigenvalue weighted by Crippen LogP contribution is -2.14. The van der Waals surface area contributed by atoms with Crippen molar-refractivity contribution in [3.8, 4) is 23.0 Å². The van der Waals surface area contributed by atoms with Crippen LogP contribution < -0.4 is 24.3 Å². The van der Waals surface area contributed by atoms with Crippen LogP contribution in [-0.4, -0.2) is 54.9 Å². The SMILES string of the molecule is COC(=O)c1cc(OC)c(OC)c(OC)c1NCc1cccnc1S(=O)(=O)c1ccc(OC)cc1. The van der Waals surface area contributed by atoms with E-state index in [0.717, 1.165) is 0 Å². The standard InChI is InChI=1S/C24H26N2O8S/c1-30-16-8-10-17(11-9-16)35(28,29)23-15(7-6-12-25-23)14-26-20-18(24(27)34-5)13-19(31-2)21(32-3)22(20)33-4/h6-13,26H,14H2,1-5H3. The van der Waals surface area contributed by atoms with Crippen LogP contribution in [-0.2, 0) is 21.1 Å². The molecule has 0 fully saturated rings. The van der Waals surface area contributed by atoms with Crippen LogP contribution in [0, 0.1) is 0 Å². The molecule has 11 heteroatoms. The molecule has 0 saturated heterocycles. The van der Waals surface area contributed by atoms with Gasteiger partial charge in [0.2, 0.25) is 15.6 Å². The highest BCUT2D eigenvalue weighted by Crippen LogP contribution is 2.45. The van der Waals surface area contributed by atoms with Crippen molar-refractivity contribution >= 4 is 21.5 Å². The monoisotopic (exact) mass is 502 g/mol. The van der Waals surface area contributed by atoms with E-state index in [1.54, 1.807) is 24.3 Å². The van der Waals surface area contributed by atoms with E-state index >= 15 is 0 Å². The van der Waals surface area contributed by atoms with Gasteiger partial charge in [-0.15, -0.1) is 0 Å². The molecule has 1 N–H and O–H groups in total. The number of benzene rings is 2. The van der Waals surface area contributed by atoms with Gasteiger partial charge in [0.1, 0.15) is 5.75 Å². The zero-order valence-electron chi connectivity index (χ0n) is 19.9. The second-order valence-electron chi connectivity index (χ2n) is 7.06. The smallest absolute Gasteiger partial charge is 0.340 e. The van der Waals surface area contributed by atoms with Gasteiger partial charge in [-0.25, -0.2) is 18.2 Å². The first-order valence-corrected chi connectivity index (χ1v) is 11.8. The summed E-state index contributed by atoms with van der Waals surface area (Å²) < 4.78 is 52.9. The van der Waals surface area contributed by atoms with E-state index in [2.05, 4.69) is 10.3 Å². The number of nitrogens with zero attached hydrogens (tertiary/aromatic N) is 1. The zero-order chi connectivity index (χ0) is 25.6. The van der Waals surface area contributed by atoms with Crippen LogP contribution in [0.15, 0.2) is 58.6 Å². The third-order valence-corrected chi connectivity index (χ3v) is 6.93. The number of carbonyl (C=O) groups excluding carboxylic acids is 1. The molecule has 1 heterocycles. The Kier molecular flexibility index (Phi) is 8.02. The minimum absolute atomic E-state index is 0.00556. The number of hydrogen-bond donors (Lipinski definition) is 1. The van der Waals surface area contributed by atoms with E-state index in [0.29, 0.717) is 11.3 Å². The summed E-state index contributed by atoms with van der Waals surface area (Å²) in [5.41, 5.74) is 0.732. The Balaban J connectivity index is 2.06. The molecule has 3 rings (SSSR count). The van der Waals surface area contributed by atoms with Crippen LogP contribution in [0.3, 0.4) is 0 Å². The Morgan fingerprint density at radius 3 is 2.17 bits per heavy atom. The number of sulfone groups is 1. The van der Waals surface area contributed by atoms with E-state index in [1.807, 2.05) is 0 Å². The van der Waals surface area contributed by atoms with Crippen molar-refractivity contribution in [2.45, 2.75) is 16.5 Å². The highest BCUT2D eigenvalue weighted by Gasteiger charge is 2.27. The van der Waals surface area contributed by atoms with Gasteiger partial charge in [0.15, 0.2) is 16.5 Å². The molecule has 0 aliphatic heterocycles. The van der Waals surface area contributed by atoms with Crippen molar-refractivity contribution in [1.82, 2.24) is 4.98 Å². The second kappa shape index (κ2) is 11.0. The van der Waals surface area contributed by atoms with Gasteiger partial charge >= 0.3 is 5.97 Å². The quantitative estimate of drug-likeness (QED) is 0.413. The van der Waals surface area contributed by atoms with Crippen molar-refractivity contribution in [2.24, 2.45) is 0 Å². The number of esters is 1. The summed E-state index contributed by atoms with van der Waals surface area (Å²) in [7, 11) is 3.07. The zero-order valence-corrected chi connectivity index (χ0v) is 20.8. The molecule has 35 heavy (non-hydrogen) atoms. The molecule has 0 aliphatic carbocycles. The van der Waals surface area contributed by atoms with Crippen LogP contribution in [0.2, 0.25) is 0 Å². The number of nitrogens with one attached hydrogen (secondary N) is 1. The van der Waals surface area contributed by atoms with Gasteiger partial charge in [0, 0.05) is 24.4 Å². The first kappa shape index (κ1) is 25.6. The topological polar surface area (TPSA) is 122 Å². The fourth-order valence-electron chi connectivity index (χ4n) is 3.45. The lowest BCUT2D eigenvalue weighted by Gasteiger charge is -2.20. The predicted molar refractivity (Wildman–Crippen MR) is 127 cm³/mol. The van der Waals surface area contributed by atoms with Crippen molar-refractivity contribution in [2.75, 3.05) is 40.9 Å². The average Bonchev–Trinajstić information content (AvgIpc) is 2.90. The first-order chi connectivity index (χ1) is 16.8. The highest BCUT2D eigenvalue weighted by atomic mass is 32.2. The number of pyridine rings is 1. The third kappa shape index (κ3) is 5.09. The van der Waals surface area contributed by atoms with Gasteiger partial charge in [-0.1, -0.05) is 6.07 Å². The molecule has 0 aliphatic rings.